The van der Waals surface area contributed by atoms with Crippen molar-refractivity contribution in [2.75, 3.05) is 24.6 Å². The number of β-lactam (4-membered cyclic amide) rings is 1. The van der Waals surface area contributed by atoms with Gasteiger partial charge in [0.1, 0.15) is 5.70 Å². The SMILES string of the molecule is CC(=O)OC(=O)C1=C(S[C@@H]2CN[C@H](CSCC(O)CN)C2)[C@H](C)[C@@H]2[C@@H]([C@@H](C)O)C(=O)N12. The second kappa shape index (κ2) is 10.2. The lowest BCUT2D eigenvalue weighted by Gasteiger charge is -2.46. The average molecular weight is 474 g/mol. The molecule has 3 rings (SSSR count). The molecule has 3 aliphatic rings. The molecule has 9 nitrogen and oxygen atoms in total. The lowest BCUT2D eigenvalue weighted by Crippen LogP contribution is -2.63. The van der Waals surface area contributed by atoms with Crippen molar-refractivity contribution in [1.82, 2.24) is 10.2 Å². The van der Waals surface area contributed by atoms with Gasteiger partial charge in [-0.05, 0) is 13.3 Å². The number of aliphatic hydroxyl groups is 2. The molecule has 5 N–H and O–H groups in total. The van der Waals surface area contributed by atoms with Crippen molar-refractivity contribution in [2.45, 2.75) is 56.7 Å². The molecule has 0 radical (unpaired) electrons. The molecule has 7 atom stereocenters. The van der Waals surface area contributed by atoms with Crippen LogP contribution in [0.1, 0.15) is 27.2 Å². The van der Waals surface area contributed by atoms with Crippen molar-refractivity contribution < 1.29 is 29.3 Å². The highest BCUT2D eigenvalue weighted by atomic mass is 32.2. The van der Waals surface area contributed by atoms with Crippen molar-refractivity contribution in [2.24, 2.45) is 17.6 Å². The van der Waals surface area contributed by atoms with Crippen LogP contribution in [0.4, 0.5) is 0 Å². The third-order valence-electron chi connectivity index (χ3n) is 5.91. The number of carbonyl (C=O) groups excluding carboxylic acids is 3. The Morgan fingerprint density at radius 1 is 1.39 bits per heavy atom. The third kappa shape index (κ3) is 5.12. The van der Waals surface area contributed by atoms with E-state index in [4.69, 9.17) is 10.5 Å². The van der Waals surface area contributed by atoms with E-state index < -0.39 is 30.1 Å². The maximum Gasteiger partial charge on any atom is 0.363 e. The molecule has 31 heavy (non-hydrogen) atoms. The Labute approximate surface area is 190 Å². The third-order valence-corrected chi connectivity index (χ3v) is 8.68. The first-order valence-electron chi connectivity index (χ1n) is 10.5. The molecule has 11 heteroatoms. The molecule has 0 saturated carbocycles. The molecule has 174 valence electrons. The van der Waals surface area contributed by atoms with Gasteiger partial charge in [0.05, 0.1) is 24.2 Å². The van der Waals surface area contributed by atoms with Crippen molar-refractivity contribution in [3.05, 3.63) is 10.6 Å². The van der Waals surface area contributed by atoms with Gasteiger partial charge in [-0.15, -0.1) is 11.8 Å². The van der Waals surface area contributed by atoms with Gasteiger partial charge in [0.25, 0.3) is 0 Å². The van der Waals surface area contributed by atoms with Gasteiger partial charge in [0.2, 0.25) is 5.91 Å². The number of rotatable bonds is 9. The molecule has 0 aromatic rings. The second-order valence-electron chi connectivity index (χ2n) is 8.36. The summed E-state index contributed by atoms with van der Waals surface area (Å²) in [6.45, 7) is 5.68. The van der Waals surface area contributed by atoms with Gasteiger partial charge in [-0.2, -0.15) is 11.8 Å². The van der Waals surface area contributed by atoms with E-state index in [9.17, 15) is 24.6 Å². The zero-order valence-electron chi connectivity index (χ0n) is 17.9. The average Bonchev–Trinajstić information content (AvgIpc) is 3.22. The number of nitrogens with two attached hydrogens (primary N) is 1. The minimum absolute atomic E-state index is 0.134. The predicted molar refractivity (Wildman–Crippen MR) is 119 cm³/mol. The lowest BCUT2D eigenvalue weighted by atomic mass is 9.79. The van der Waals surface area contributed by atoms with Crippen LogP contribution in [0, 0.1) is 11.8 Å². The summed E-state index contributed by atoms with van der Waals surface area (Å²) in [5.74, 6) is -1.10. The van der Waals surface area contributed by atoms with E-state index in [1.807, 2.05) is 6.92 Å². The standard InChI is InChI=1S/C20H31N3O6S2/c1-9-16-15(10(2)24)19(27)23(16)17(20(28)29-11(3)25)18(9)31-14-4-12(22-6-14)7-30-8-13(26)5-21/h9-10,12-16,22,24,26H,4-8,21H2,1-3H3/t9-,10-,12+,13?,14+,15-,16-/m1/s1. The van der Waals surface area contributed by atoms with Crippen molar-refractivity contribution in [3.8, 4) is 0 Å². The number of nitrogens with one attached hydrogen (secondary N) is 1. The number of amides is 1. The van der Waals surface area contributed by atoms with Gasteiger partial charge in [0.15, 0.2) is 0 Å². The first-order valence-corrected chi connectivity index (χ1v) is 12.5. The molecule has 0 aromatic heterocycles. The van der Waals surface area contributed by atoms with Crippen LogP contribution in [0.3, 0.4) is 0 Å². The van der Waals surface area contributed by atoms with Gasteiger partial charge in [-0.3, -0.25) is 9.59 Å². The number of ether oxygens (including phenoxy) is 1. The van der Waals surface area contributed by atoms with Gasteiger partial charge >= 0.3 is 11.9 Å². The summed E-state index contributed by atoms with van der Waals surface area (Å²) in [6.07, 6.45) is -0.441. The molecule has 3 heterocycles. The maximum absolute atomic E-state index is 12.7. The number of thioether (sulfide) groups is 2. The number of nitrogens with zero attached hydrogens (tertiary/aromatic N) is 1. The number of hydrogen-bond acceptors (Lipinski definition) is 10. The quantitative estimate of drug-likeness (QED) is 0.200. The number of aliphatic hydroxyl groups excluding tert-OH is 2. The fourth-order valence-electron chi connectivity index (χ4n) is 4.44. The summed E-state index contributed by atoms with van der Waals surface area (Å²) in [4.78, 5) is 38.8. The summed E-state index contributed by atoms with van der Waals surface area (Å²) >= 11 is 3.20. The van der Waals surface area contributed by atoms with Crippen LogP contribution in [0.2, 0.25) is 0 Å². The monoisotopic (exact) mass is 473 g/mol. The number of esters is 2. The molecular weight excluding hydrogens is 442 g/mol. The summed E-state index contributed by atoms with van der Waals surface area (Å²) in [5, 5.41) is 23.3. The minimum atomic E-state index is -0.816. The summed E-state index contributed by atoms with van der Waals surface area (Å²) in [6, 6.07) is -0.0238. The fourth-order valence-corrected chi connectivity index (χ4v) is 7.04. The van der Waals surface area contributed by atoms with E-state index in [2.05, 4.69) is 5.32 Å². The number of fused-ring (bicyclic) bond motifs is 1. The topological polar surface area (TPSA) is 142 Å². The first kappa shape index (κ1) is 24.5. The van der Waals surface area contributed by atoms with Crippen LogP contribution >= 0.6 is 23.5 Å². The summed E-state index contributed by atoms with van der Waals surface area (Å²) in [5.41, 5.74) is 5.58. The summed E-state index contributed by atoms with van der Waals surface area (Å²) < 4.78 is 4.82. The van der Waals surface area contributed by atoms with Crippen molar-refractivity contribution in [1.29, 1.82) is 0 Å². The molecule has 1 amide bonds. The highest BCUT2D eigenvalue weighted by molar-refractivity contribution is 8.03. The van der Waals surface area contributed by atoms with Crippen LogP contribution in [0.25, 0.3) is 0 Å². The first-order chi connectivity index (χ1) is 14.6. The molecule has 2 saturated heterocycles. The fraction of sp³-hybridized carbons (Fsp3) is 0.750. The van der Waals surface area contributed by atoms with E-state index in [1.165, 1.54) is 4.90 Å². The van der Waals surface area contributed by atoms with Crippen LogP contribution in [-0.4, -0.2) is 87.1 Å². The number of hydrogen-bond donors (Lipinski definition) is 4. The predicted octanol–water partition coefficient (Wildman–Crippen LogP) is -0.338. The van der Waals surface area contributed by atoms with E-state index in [1.54, 1.807) is 30.4 Å². The van der Waals surface area contributed by atoms with Crippen molar-refractivity contribution >= 4 is 41.4 Å². The molecular formula is C20H31N3O6S2. The van der Waals surface area contributed by atoms with Gasteiger partial charge in [0, 0.05) is 53.6 Å². The smallest absolute Gasteiger partial charge is 0.363 e. The largest absolute Gasteiger partial charge is 0.393 e. The second-order valence-corrected chi connectivity index (χ2v) is 10.8. The van der Waals surface area contributed by atoms with E-state index in [0.717, 1.165) is 30.5 Å². The van der Waals surface area contributed by atoms with Gasteiger partial charge in [-0.1, -0.05) is 6.92 Å². The Hall–Kier alpha value is -1.11. The molecule has 2 fully saturated rings. The molecule has 1 unspecified atom stereocenters. The normalized spacial score (nSPS) is 32.0. The molecule has 0 aliphatic carbocycles. The van der Waals surface area contributed by atoms with E-state index >= 15 is 0 Å². The van der Waals surface area contributed by atoms with E-state index in [-0.39, 0.29) is 41.4 Å². The van der Waals surface area contributed by atoms with Crippen LogP contribution in [0.15, 0.2) is 10.6 Å². The molecule has 3 aliphatic heterocycles. The summed E-state index contributed by atoms with van der Waals surface area (Å²) in [7, 11) is 0. The number of carbonyl (C=O) groups is 3. The van der Waals surface area contributed by atoms with Crippen LogP contribution < -0.4 is 11.1 Å². The molecule has 0 aromatic carbocycles. The Balaban J connectivity index is 1.70. The maximum atomic E-state index is 12.7. The Morgan fingerprint density at radius 2 is 2.10 bits per heavy atom. The zero-order valence-corrected chi connectivity index (χ0v) is 19.6. The van der Waals surface area contributed by atoms with Crippen LogP contribution in [0.5, 0.6) is 0 Å². The highest BCUT2D eigenvalue weighted by Gasteiger charge is 2.60. The molecule has 0 bridgehead atoms. The van der Waals surface area contributed by atoms with Gasteiger partial charge in [-0.25, -0.2) is 4.79 Å². The minimum Gasteiger partial charge on any atom is -0.393 e. The highest BCUT2D eigenvalue weighted by Crippen LogP contribution is 2.52. The Kier molecular flexibility index (Phi) is 8.09. The van der Waals surface area contributed by atoms with E-state index in [0.29, 0.717) is 5.75 Å². The Morgan fingerprint density at radius 3 is 2.71 bits per heavy atom. The molecule has 0 spiro atoms. The lowest BCUT2D eigenvalue weighted by molar-refractivity contribution is -0.167. The van der Waals surface area contributed by atoms with Gasteiger partial charge < -0.3 is 30.9 Å². The Bertz CT molecular complexity index is 761. The van der Waals surface area contributed by atoms with Crippen LogP contribution in [-0.2, 0) is 19.1 Å². The zero-order chi connectivity index (χ0) is 22.9. The van der Waals surface area contributed by atoms with Crippen molar-refractivity contribution in [3.63, 3.8) is 0 Å².